The minimum atomic E-state index is -0.701. The van der Waals surface area contributed by atoms with E-state index in [9.17, 15) is 9.59 Å². The van der Waals surface area contributed by atoms with Crippen LogP contribution in [0.2, 0.25) is 15.1 Å². The fourth-order valence-electron chi connectivity index (χ4n) is 2.63. The third kappa shape index (κ3) is 7.11. The molecule has 2 amide bonds. The number of ether oxygens (including phenoxy) is 1. The molecule has 0 bridgehead atoms. The molecule has 156 valence electrons. The molecular weight excluding hydrogens is 435 g/mol. The molecule has 0 saturated heterocycles. The third-order valence-corrected chi connectivity index (χ3v) is 4.85. The quantitative estimate of drug-likeness (QED) is 0.609. The molecule has 0 aliphatic carbocycles. The van der Waals surface area contributed by atoms with Gasteiger partial charge in [0, 0.05) is 22.6 Å². The highest BCUT2D eigenvalue weighted by atomic mass is 35.5. The molecule has 0 aromatic heterocycles. The molecule has 2 rings (SSSR count). The molecule has 29 heavy (non-hydrogen) atoms. The lowest BCUT2D eigenvalue weighted by atomic mass is 10.1. The summed E-state index contributed by atoms with van der Waals surface area (Å²) in [7, 11) is 0. The number of hydrogen-bond acceptors (Lipinski definition) is 3. The fraction of sp³-hybridized carbons (Fsp3) is 0.333. The lowest BCUT2D eigenvalue weighted by molar-refractivity contribution is -0.142. The van der Waals surface area contributed by atoms with E-state index in [1.807, 2.05) is 19.9 Å². The predicted molar refractivity (Wildman–Crippen MR) is 117 cm³/mol. The number of benzene rings is 2. The van der Waals surface area contributed by atoms with E-state index >= 15 is 0 Å². The Labute approximate surface area is 185 Å². The summed E-state index contributed by atoms with van der Waals surface area (Å²) in [6, 6.07) is 11.1. The molecule has 2 aromatic rings. The van der Waals surface area contributed by atoms with Crippen LogP contribution in [-0.4, -0.2) is 35.4 Å². The molecule has 0 fully saturated rings. The molecular formula is C21H23Cl3N2O3. The molecule has 0 heterocycles. The van der Waals surface area contributed by atoms with Crippen LogP contribution in [0.15, 0.2) is 42.5 Å². The Kier molecular flexibility index (Phi) is 8.62. The Balaban J connectivity index is 2.17. The lowest BCUT2D eigenvalue weighted by Crippen LogP contribution is -2.50. The summed E-state index contributed by atoms with van der Waals surface area (Å²) in [6.45, 7) is 5.33. The average molecular weight is 458 g/mol. The van der Waals surface area contributed by atoms with Crippen LogP contribution in [0.25, 0.3) is 0 Å². The maximum absolute atomic E-state index is 12.9. The van der Waals surface area contributed by atoms with Gasteiger partial charge in [0.15, 0.2) is 6.61 Å². The number of rotatable bonds is 8. The van der Waals surface area contributed by atoms with E-state index < -0.39 is 6.04 Å². The second kappa shape index (κ2) is 10.7. The van der Waals surface area contributed by atoms with Crippen molar-refractivity contribution in [2.24, 2.45) is 0 Å². The van der Waals surface area contributed by atoms with E-state index in [-0.39, 0.29) is 31.0 Å². The van der Waals surface area contributed by atoms with Crippen molar-refractivity contribution in [3.8, 4) is 5.75 Å². The van der Waals surface area contributed by atoms with Gasteiger partial charge < -0.3 is 15.0 Å². The van der Waals surface area contributed by atoms with Gasteiger partial charge in [-0.15, -0.1) is 0 Å². The molecule has 0 aliphatic rings. The van der Waals surface area contributed by atoms with Crippen LogP contribution < -0.4 is 10.1 Å². The number of carbonyl (C=O) groups excluding carboxylic acids is 2. The first-order chi connectivity index (χ1) is 13.7. The van der Waals surface area contributed by atoms with Gasteiger partial charge >= 0.3 is 0 Å². The van der Waals surface area contributed by atoms with Gasteiger partial charge in [-0.25, -0.2) is 0 Å². The van der Waals surface area contributed by atoms with E-state index in [4.69, 9.17) is 39.5 Å². The average Bonchev–Trinajstić information content (AvgIpc) is 2.64. The second-order valence-corrected chi connectivity index (χ2v) is 8.13. The fourth-order valence-corrected chi connectivity index (χ4v) is 3.31. The topological polar surface area (TPSA) is 58.6 Å². The van der Waals surface area contributed by atoms with Gasteiger partial charge in [-0.2, -0.15) is 0 Å². The maximum Gasteiger partial charge on any atom is 0.261 e. The number of carbonyl (C=O) groups is 2. The normalized spacial score (nSPS) is 11.8. The summed E-state index contributed by atoms with van der Waals surface area (Å²) < 4.78 is 5.57. The zero-order valence-corrected chi connectivity index (χ0v) is 18.7. The minimum Gasteiger partial charge on any atom is -0.482 e. The number of amides is 2. The van der Waals surface area contributed by atoms with Crippen molar-refractivity contribution in [3.63, 3.8) is 0 Å². The molecule has 8 heteroatoms. The van der Waals surface area contributed by atoms with Crippen LogP contribution in [0.5, 0.6) is 5.75 Å². The van der Waals surface area contributed by atoms with Crippen molar-refractivity contribution in [1.82, 2.24) is 10.2 Å². The lowest BCUT2D eigenvalue weighted by Gasteiger charge is -2.29. The zero-order chi connectivity index (χ0) is 21.6. The molecule has 5 nitrogen and oxygen atoms in total. The van der Waals surface area contributed by atoms with Gasteiger partial charge in [0.1, 0.15) is 11.8 Å². The van der Waals surface area contributed by atoms with Crippen LogP contribution in [0.4, 0.5) is 0 Å². The summed E-state index contributed by atoms with van der Waals surface area (Å²) in [6.07, 6.45) is 0. The summed E-state index contributed by atoms with van der Waals surface area (Å²) in [5.41, 5.74) is 0.805. The van der Waals surface area contributed by atoms with E-state index in [0.29, 0.717) is 20.8 Å². The first-order valence-electron chi connectivity index (χ1n) is 9.09. The number of nitrogens with one attached hydrogen (secondary N) is 1. The van der Waals surface area contributed by atoms with Crippen LogP contribution in [0, 0.1) is 0 Å². The minimum absolute atomic E-state index is 0.0443. The smallest absolute Gasteiger partial charge is 0.261 e. The molecule has 0 unspecified atom stereocenters. The number of nitrogens with zero attached hydrogens (tertiary/aromatic N) is 1. The van der Waals surface area contributed by atoms with Crippen molar-refractivity contribution in [3.05, 3.63) is 63.1 Å². The first kappa shape index (κ1) is 23.3. The van der Waals surface area contributed by atoms with E-state index in [2.05, 4.69) is 5.32 Å². The summed E-state index contributed by atoms with van der Waals surface area (Å²) >= 11 is 18.0. The zero-order valence-electron chi connectivity index (χ0n) is 16.4. The second-order valence-electron chi connectivity index (χ2n) is 6.85. The van der Waals surface area contributed by atoms with E-state index in [0.717, 1.165) is 5.56 Å². The van der Waals surface area contributed by atoms with Crippen LogP contribution in [0.3, 0.4) is 0 Å². The predicted octanol–water partition coefficient (Wildman–Crippen LogP) is 4.97. The Morgan fingerprint density at radius 3 is 2.34 bits per heavy atom. The Hall–Kier alpha value is -1.95. The van der Waals surface area contributed by atoms with Crippen molar-refractivity contribution in [2.75, 3.05) is 6.61 Å². The molecule has 1 atom stereocenters. The van der Waals surface area contributed by atoms with Crippen LogP contribution in [0.1, 0.15) is 26.3 Å². The highest BCUT2D eigenvalue weighted by Gasteiger charge is 2.27. The monoisotopic (exact) mass is 456 g/mol. The summed E-state index contributed by atoms with van der Waals surface area (Å²) in [4.78, 5) is 26.9. The van der Waals surface area contributed by atoms with E-state index in [1.54, 1.807) is 37.3 Å². The first-order valence-corrected chi connectivity index (χ1v) is 10.2. The van der Waals surface area contributed by atoms with Crippen molar-refractivity contribution < 1.29 is 14.3 Å². The highest BCUT2D eigenvalue weighted by Crippen LogP contribution is 2.27. The van der Waals surface area contributed by atoms with Crippen LogP contribution >= 0.6 is 34.8 Å². The van der Waals surface area contributed by atoms with Gasteiger partial charge in [0.25, 0.3) is 5.91 Å². The van der Waals surface area contributed by atoms with Gasteiger partial charge in [0.05, 0.1) is 5.02 Å². The van der Waals surface area contributed by atoms with Crippen molar-refractivity contribution >= 4 is 46.6 Å². The van der Waals surface area contributed by atoms with Gasteiger partial charge in [-0.1, -0.05) is 46.9 Å². The Morgan fingerprint density at radius 2 is 1.72 bits per heavy atom. The highest BCUT2D eigenvalue weighted by molar-refractivity contribution is 6.35. The summed E-state index contributed by atoms with van der Waals surface area (Å²) in [5, 5.41) is 4.15. The largest absolute Gasteiger partial charge is 0.482 e. The van der Waals surface area contributed by atoms with Gasteiger partial charge in [-0.3, -0.25) is 9.59 Å². The molecule has 0 spiro atoms. The van der Waals surface area contributed by atoms with Crippen LogP contribution in [-0.2, 0) is 16.1 Å². The Morgan fingerprint density at radius 1 is 1.03 bits per heavy atom. The standard InChI is InChI=1S/C21H23Cl3N2O3/c1-13(2)25-21(28)14(3)26(11-15-5-4-6-16(22)9-15)20(27)12-29-19-8-7-17(23)10-18(19)24/h4-10,13-14H,11-12H2,1-3H3,(H,25,28)/t14-/m0/s1. The summed E-state index contributed by atoms with van der Waals surface area (Å²) in [5.74, 6) is -0.270. The molecule has 0 radical (unpaired) electrons. The molecule has 2 aromatic carbocycles. The molecule has 0 saturated carbocycles. The number of hydrogen-bond donors (Lipinski definition) is 1. The van der Waals surface area contributed by atoms with Crippen molar-refractivity contribution in [1.29, 1.82) is 0 Å². The van der Waals surface area contributed by atoms with Gasteiger partial charge in [-0.05, 0) is 56.7 Å². The van der Waals surface area contributed by atoms with E-state index in [1.165, 1.54) is 11.0 Å². The third-order valence-electron chi connectivity index (χ3n) is 4.09. The van der Waals surface area contributed by atoms with Gasteiger partial charge in [0.2, 0.25) is 5.91 Å². The SMILES string of the molecule is CC(C)NC(=O)[C@H](C)N(Cc1cccc(Cl)c1)C(=O)COc1ccc(Cl)cc1Cl. The molecule has 1 N–H and O–H groups in total. The molecule has 0 aliphatic heterocycles. The van der Waals surface area contributed by atoms with Crippen molar-refractivity contribution in [2.45, 2.75) is 39.4 Å². The number of halogens is 3. The Bertz CT molecular complexity index is 874. The maximum atomic E-state index is 12.9.